The van der Waals surface area contributed by atoms with Gasteiger partial charge in [0.15, 0.2) is 23.4 Å². The SMILES string of the molecule is [B](c1ccccc1Nc1ccccc1)c1ccc([Si](c2ccccc2)(c2ccccc2)c2ccccc2)cc1N(c1cccc(-n2c3ccccc3c3ccccc32)c1)c1ccccc1[Si](c1ccccc1)(c1ccccc1)c1ccccc1. The van der Waals surface area contributed by atoms with Crippen molar-refractivity contribution in [2.45, 2.75) is 0 Å². The summed E-state index contributed by atoms with van der Waals surface area (Å²) in [7, 11) is -3.96. The van der Waals surface area contributed by atoms with Crippen molar-refractivity contribution in [1.29, 1.82) is 0 Å². The summed E-state index contributed by atoms with van der Waals surface area (Å²) in [6, 6.07) is 131. The van der Waals surface area contributed by atoms with Crippen LogP contribution in [0.2, 0.25) is 0 Å². The number of anilines is 5. The lowest BCUT2D eigenvalue weighted by atomic mass is 9.62. The third-order valence-electron chi connectivity index (χ3n) is 16.7. The van der Waals surface area contributed by atoms with Crippen LogP contribution in [0.1, 0.15) is 0 Å². The maximum atomic E-state index is 3.81. The molecule has 1 heterocycles. The predicted octanol–water partition coefficient (Wildman–Crippen LogP) is 12.4. The maximum Gasteiger partial charge on any atom is 0.197 e. The van der Waals surface area contributed by atoms with Gasteiger partial charge in [0.2, 0.25) is 0 Å². The second-order valence-corrected chi connectivity index (χ2v) is 29.0. The van der Waals surface area contributed by atoms with Gasteiger partial charge in [-0.05, 0) is 102 Å². The highest BCUT2D eigenvalue weighted by Crippen LogP contribution is 2.38. The number of hydrogen-bond donors (Lipinski definition) is 1. The molecule has 0 aliphatic rings. The molecule has 6 heteroatoms. The van der Waals surface area contributed by atoms with Crippen LogP contribution in [0.4, 0.5) is 28.4 Å². The van der Waals surface area contributed by atoms with E-state index in [1.807, 2.05) is 0 Å². The molecule has 14 rings (SSSR count). The van der Waals surface area contributed by atoms with Crippen molar-refractivity contribution in [3.05, 3.63) is 352 Å². The number of benzene rings is 13. The molecule has 3 nitrogen and oxygen atoms in total. The van der Waals surface area contributed by atoms with Gasteiger partial charge >= 0.3 is 0 Å². The van der Waals surface area contributed by atoms with E-state index in [4.69, 9.17) is 0 Å². The number of nitrogens with zero attached hydrogens (tertiary/aromatic N) is 2. The second-order valence-electron chi connectivity index (χ2n) is 21.4. The molecule has 0 aliphatic heterocycles. The van der Waals surface area contributed by atoms with Crippen molar-refractivity contribution in [2.24, 2.45) is 0 Å². The number of aromatic nitrogens is 1. The number of nitrogens with one attached hydrogen (secondary N) is 1. The molecule has 0 saturated heterocycles. The van der Waals surface area contributed by atoms with Gasteiger partial charge in [-0.25, -0.2) is 0 Å². The highest BCUT2D eigenvalue weighted by molar-refractivity contribution is 7.21. The minimum absolute atomic E-state index is 1.02. The van der Waals surface area contributed by atoms with E-state index in [1.165, 1.54) is 52.3 Å². The summed E-state index contributed by atoms with van der Waals surface area (Å²) in [6.45, 7) is 0. The Morgan fingerprint density at radius 1 is 0.298 bits per heavy atom. The zero-order valence-corrected chi connectivity index (χ0v) is 48.5. The van der Waals surface area contributed by atoms with Gasteiger partial charge < -0.3 is 14.8 Å². The summed E-state index contributed by atoms with van der Waals surface area (Å²) < 4.78 is 2.45. The van der Waals surface area contributed by atoms with E-state index in [9.17, 15) is 0 Å². The predicted molar refractivity (Wildman–Crippen MR) is 364 cm³/mol. The first kappa shape index (κ1) is 51.9. The first-order valence-electron chi connectivity index (χ1n) is 28.9. The molecule has 0 unspecified atom stereocenters. The van der Waals surface area contributed by atoms with Crippen molar-refractivity contribution < 1.29 is 0 Å². The van der Waals surface area contributed by atoms with Crippen LogP contribution in [0.3, 0.4) is 0 Å². The summed E-state index contributed by atoms with van der Waals surface area (Å²) in [6.07, 6.45) is 0. The summed E-state index contributed by atoms with van der Waals surface area (Å²) in [5, 5.41) is 16.6. The van der Waals surface area contributed by atoms with E-state index in [0.29, 0.717) is 0 Å². The van der Waals surface area contributed by atoms with E-state index in [0.717, 1.165) is 56.1 Å². The Morgan fingerprint density at radius 3 is 1.25 bits per heavy atom. The van der Waals surface area contributed by atoms with E-state index in [-0.39, 0.29) is 0 Å². The van der Waals surface area contributed by atoms with Crippen LogP contribution in [0.15, 0.2) is 352 Å². The van der Waals surface area contributed by atoms with Crippen molar-refractivity contribution in [3.8, 4) is 5.69 Å². The van der Waals surface area contributed by atoms with Crippen LogP contribution < -0.4 is 62.6 Å². The van der Waals surface area contributed by atoms with Gasteiger partial charge in [0.1, 0.15) is 0 Å². The van der Waals surface area contributed by atoms with Gasteiger partial charge in [0, 0.05) is 44.9 Å². The fourth-order valence-electron chi connectivity index (χ4n) is 13.1. The van der Waals surface area contributed by atoms with Gasteiger partial charge in [-0.1, -0.05) is 302 Å². The number of hydrogen-bond acceptors (Lipinski definition) is 2. The largest absolute Gasteiger partial charge is 0.356 e. The Hall–Kier alpha value is -10.2. The highest BCUT2D eigenvalue weighted by atomic mass is 28.3. The fourth-order valence-corrected chi connectivity index (χ4v) is 22.8. The number of para-hydroxylation sites is 5. The van der Waals surface area contributed by atoms with Crippen LogP contribution in [0, 0.1) is 0 Å². The van der Waals surface area contributed by atoms with Crippen LogP contribution in [0.5, 0.6) is 0 Å². The Labute approximate surface area is 495 Å². The molecule has 0 spiro atoms. The third kappa shape index (κ3) is 9.28. The van der Waals surface area contributed by atoms with Gasteiger partial charge in [0.25, 0.3) is 0 Å². The van der Waals surface area contributed by atoms with Gasteiger partial charge in [-0.3, -0.25) is 0 Å². The van der Waals surface area contributed by atoms with E-state index in [1.54, 1.807) is 0 Å². The average Bonchev–Trinajstić information content (AvgIpc) is 2.66. The minimum Gasteiger partial charge on any atom is -0.356 e. The molecule has 0 amide bonds. The zero-order chi connectivity index (χ0) is 56.1. The molecule has 1 aromatic heterocycles. The smallest absolute Gasteiger partial charge is 0.197 e. The Bertz CT molecular complexity index is 4300. The first-order valence-corrected chi connectivity index (χ1v) is 32.9. The average molecular weight is 1110 g/mol. The Morgan fingerprint density at radius 2 is 0.726 bits per heavy atom. The van der Waals surface area contributed by atoms with Gasteiger partial charge in [-0.15, -0.1) is 0 Å². The van der Waals surface area contributed by atoms with Gasteiger partial charge in [0.05, 0.1) is 11.0 Å². The number of fused-ring (bicyclic) bond motifs is 3. The standard InChI is InChI=1S/C78H59BN3Si2/c1-8-31-59(32-9-1)80-73-50-25-24-49-71(73)79-72-56-55-68(83(62-35-10-2-11-36-62,63-37-12-3-13-38-63)64-39-14-4-15-40-64)58-77(72)82(61-34-30-33-60(57-61)81-74-51-26-22-47-69(74)70-48-23-27-52-75(70)81)76-53-28-29-54-78(76)84(65-41-16-5-17-42-65,66-43-18-6-19-44-66)67-45-20-7-21-46-67/h1-58,80H. The quantitative estimate of drug-likeness (QED) is 0.0769. The molecule has 1 radical (unpaired) electrons. The zero-order valence-electron chi connectivity index (χ0n) is 46.5. The van der Waals surface area contributed by atoms with Crippen LogP contribution in [-0.4, -0.2) is 28.0 Å². The van der Waals surface area contributed by atoms with Crippen LogP contribution in [-0.2, 0) is 0 Å². The van der Waals surface area contributed by atoms with Crippen LogP contribution >= 0.6 is 0 Å². The van der Waals surface area contributed by atoms with Crippen molar-refractivity contribution in [3.63, 3.8) is 0 Å². The summed E-state index contributed by atoms with van der Waals surface area (Å²) in [5.74, 6) is 0. The van der Waals surface area contributed by atoms with E-state index < -0.39 is 16.1 Å². The van der Waals surface area contributed by atoms with Crippen molar-refractivity contribution in [1.82, 2.24) is 4.57 Å². The lowest BCUT2D eigenvalue weighted by molar-refractivity contribution is 1.17. The second kappa shape index (κ2) is 23.0. The molecule has 84 heavy (non-hydrogen) atoms. The molecule has 0 fully saturated rings. The highest BCUT2D eigenvalue weighted by Gasteiger charge is 2.45. The molecular weight excluding hydrogens is 1050 g/mol. The van der Waals surface area contributed by atoms with Gasteiger partial charge in [-0.2, -0.15) is 0 Å². The molecule has 0 aliphatic carbocycles. The van der Waals surface area contributed by atoms with Crippen molar-refractivity contribution >= 4 is 126 Å². The fraction of sp³-hybridized carbons (Fsp3) is 0. The molecular formula is C78H59BN3Si2. The molecule has 0 bridgehead atoms. The Balaban J connectivity index is 1.12. The van der Waals surface area contributed by atoms with E-state index in [2.05, 4.69) is 374 Å². The maximum absolute atomic E-state index is 3.81. The monoisotopic (exact) mass is 1100 g/mol. The molecule has 0 saturated carbocycles. The molecule has 0 atom stereocenters. The summed E-state index contributed by atoms with van der Waals surface area (Å²) >= 11 is 0. The molecule has 13 aromatic carbocycles. The van der Waals surface area contributed by atoms with Crippen LogP contribution in [0.25, 0.3) is 27.5 Å². The van der Waals surface area contributed by atoms with E-state index >= 15 is 0 Å². The topological polar surface area (TPSA) is 20.2 Å². The molecule has 397 valence electrons. The number of rotatable bonds is 16. The third-order valence-corrected chi connectivity index (χ3v) is 26.3. The molecule has 14 aromatic rings. The normalized spacial score (nSPS) is 11.6. The Kier molecular flexibility index (Phi) is 14.2. The lowest BCUT2D eigenvalue weighted by Crippen LogP contribution is -2.75. The summed E-state index contributed by atoms with van der Waals surface area (Å²) in [5.41, 5.74) is 10.8. The summed E-state index contributed by atoms with van der Waals surface area (Å²) in [4.78, 5) is 2.62. The lowest BCUT2D eigenvalue weighted by Gasteiger charge is -2.40. The molecule has 1 N–H and O–H groups in total. The van der Waals surface area contributed by atoms with Crippen molar-refractivity contribution in [2.75, 3.05) is 10.2 Å². The minimum atomic E-state index is -3.22. The first-order chi connectivity index (χ1) is 41.7.